The molecule has 2 N–H and O–H groups in total. The Morgan fingerprint density at radius 3 is 2.69 bits per heavy atom. The topological polar surface area (TPSA) is 49.7 Å². The summed E-state index contributed by atoms with van der Waals surface area (Å²) < 4.78 is 19.0. The first-order valence-corrected chi connectivity index (χ1v) is 5.72. The van der Waals surface area contributed by atoms with Crippen molar-refractivity contribution in [3.05, 3.63) is 21.9 Å². The predicted molar refractivity (Wildman–Crippen MR) is 60.2 cm³/mol. The molecule has 1 fully saturated rings. The summed E-state index contributed by atoms with van der Waals surface area (Å²) in [5.41, 5.74) is -0.444. The zero-order valence-electron chi connectivity index (χ0n) is 8.76. The van der Waals surface area contributed by atoms with E-state index in [1.54, 1.807) is 0 Å². The molecule has 1 aliphatic carbocycles. The van der Waals surface area contributed by atoms with Crippen molar-refractivity contribution >= 4 is 15.9 Å². The van der Waals surface area contributed by atoms with E-state index in [0.717, 1.165) is 6.07 Å². The summed E-state index contributed by atoms with van der Waals surface area (Å²) in [4.78, 5) is 0. The molecule has 1 aromatic rings. The molecule has 2 rings (SSSR count). The van der Waals surface area contributed by atoms with Crippen molar-refractivity contribution in [1.82, 2.24) is 0 Å². The molecule has 3 nitrogen and oxygen atoms in total. The molecule has 1 saturated carbocycles. The first-order valence-electron chi connectivity index (χ1n) is 4.93. The van der Waals surface area contributed by atoms with Gasteiger partial charge < -0.3 is 14.9 Å². The fraction of sp³-hybridized carbons (Fsp3) is 0.455. The maximum atomic E-state index is 13.6. The van der Waals surface area contributed by atoms with E-state index >= 15 is 0 Å². The van der Waals surface area contributed by atoms with Crippen molar-refractivity contribution in [2.75, 3.05) is 7.11 Å². The Kier molecular flexibility index (Phi) is 2.84. The summed E-state index contributed by atoms with van der Waals surface area (Å²) in [6, 6.07) is 1.00. The lowest BCUT2D eigenvalue weighted by Gasteiger charge is -2.14. The minimum absolute atomic E-state index is 0.195. The number of ether oxygens (including phenoxy) is 1. The molecule has 0 amide bonds. The minimum Gasteiger partial charge on any atom is -0.504 e. The standard InChI is InChI=1S/C11H12BrFO3/c1-16-10-8(14)4-7(13)6(9(10)12)5-11(15)2-3-11/h4,14-15H,2-3,5H2,1H3. The van der Waals surface area contributed by atoms with Gasteiger partial charge in [0.05, 0.1) is 17.2 Å². The van der Waals surface area contributed by atoms with Crippen molar-refractivity contribution in [3.8, 4) is 11.5 Å². The Morgan fingerprint density at radius 2 is 2.19 bits per heavy atom. The summed E-state index contributed by atoms with van der Waals surface area (Å²) in [7, 11) is 1.40. The molecule has 1 aliphatic rings. The van der Waals surface area contributed by atoms with Crippen molar-refractivity contribution in [1.29, 1.82) is 0 Å². The third-order valence-electron chi connectivity index (χ3n) is 2.79. The van der Waals surface area contributed by atoms with Crippen molar-refractivity contribution in [3.63, 3.8) is 0 Å². The monoisotopic (exact) mass is 290 g/mol. The first-order chi connectivity index (χ1) is 7.47. The van der Waals surface area contributed by atoms with Gasteiger partial charge >= 0.3 is 0 Å². The highest BCUT2D eigenvalue weighted by atomic mass is 79.9. The number of phenolic OH excluding ortho intramolecular Hbond substituents is 1. The highest BCUT2D eigenvalue weighted by Gasteiger charge is 2.41. The Hall–Kier alpha value is -0.810. The van der Waals surface area contributed by atoms with Gasteiger partial charge in [-0.1, -0.05) is 0 Å². The van der Waals surface area contributed by atoms with E-state index in [1.807, 2.05) is 0 Å². The number of benzene rings is 1. The van der Waals surface area contributed by atoms with E-state index in [4.69, 9.17) is 4.74 Å². The van der Waals surface area contributed by atoms with Crippen LogP contribution in [0.25, 0.3) is 0 Å². The molecular weight excluding hydrogens is 279 g/mol. The lowest BCUT2D eigenvalue weighted by molar-refractivity contribution is 0.149. The molecule has 0 bridgehead atoms. The zero-order valence-corrected chi connectivity index (χ0v) is 10.3. The molecule has 5 heteroatoms. The number of hydrogen-bond acceptors (Lipinski definition) is 3. The Balaban J connectivity index is 2.43. The van der Waals surface area contributed by atoms with Crippen LogP contribution in [0.4, 0.5) is 4.39 Å². The van der Waals surface area contributed by atoms with Crippen molar-refractivity contribution in [2.45, 2.75) is 24.9 Å². The molecule has 16 heavy (non-hydrogen) atoms. The summed E-state index contributed by atoms with van der Waals surface area (Å²) in [6.07, 6.45) is 1.60. The van der Waals surface area contributed by atoms with E-state index < -0.39 is 11.4 Å². The molecule has 0 aromatic heterocycles. The number of hydrogen-bond donors (Lipinski definition) is 2. The van der Waals surface area contributed by atoms with Gasteiger partial charge in [0.2, 0.25) is 0 Å². The van der Waals surface area contributed by atoms with Crippen LogP contribution in [0.3, 0.4) is 0 Å². The Labute approximate surface area is 101 Å². The molecule has 0 radical (unpaired) electrons. The van der Waals surface area contributed by atoms with Crippen LogP contribution in [0.1, 0.15) is 18.4 Å². The molecule has 0 atom stereocenters. The number of aliphatic hydroxyl groups is 1. The van der Waals surface area contributed by atoms with Gasteiger partial charge in [0, 0.05) is 18.1 Å². The van der Waals surface area contributed by atoms with Crippen LogP contribution in [-0.2, 0) is 6.42 Å². The van der Waals surface area contributed by atoms with Crippen molar-refractivity contribution in [2.24, 2.45) is 0 Å². The number of methoxy groups -OCH3 is 1. The third-order valence-corrected chi connectivity index (χ3v) is 3.62. The molecule has 0 spiro atoms. The molecule has 0 aliphatic heterocycles. The summed E-state index contributed by atoms with van der Waals surface area (Å²) >= 11 is 3.19. The van der Waals surface area contributed by atoms with Crippen LogP contribution in [0.2, 0.25) is 0 Å². The number of halogens is 2. The SMILES string of the molecule is COc1c(O)cc(F)c(CC2(O)CC2)c1Br. The van der Waals surface area contributed by atoms with E-state index in [-0.39, 0.29) is 17.9 Å². The second-order valence-electron chi connectivity index (χ2n) is 4.10. The largest absolute Gasteiger partial charge is 0.504 e. The van der Waals surface area contributed by atoms with Gasteiger partial charge in [-0.15, -0.1) is 0 Å². The highest BCUT2D eigenvalue weighted by Crippen LogP contribution is 2.44. The summed E-state index contributed by atoms with van der Waals surface area (Å²) in [5, 5.41) is 19.2. The average molecular weight is 291 g/mol. The van der Waals surface area contributed by atoms with Crippen molar-refractivity contribution < 1.29 is 19.3 Å². The van der Waals surface area contributed by atoms with Gasteiger partial charge in [0.25, 0.3) is 0 Å². The molecule has 1 aromatic carbocycles. The molecule has 0 unspecified atom stereocenters. The van der Waals surface area contributed by atoms with E-state index in [9.17, 15) is 14.6 Å². The fourth-order valence-electron chi connectivity index (χ4n) is 1.63. The summed E-state index contributed by atoms with van der Waals surface area (Å²) in [5.74, 6) is -0.593. The first kappa shape index (κ1) is 11.7. The van der Waals surface area contributed by atoms with Crippen LogP contribution in [0.15, 0.2) is 10.5 Å². The van der Waals surface area contributed by atoms with Gasteiger partial charge in [-0.05, 0) is 28.8 Å². The van der Waals surface area contributed by atoms with Crippen LogP contribution in [-0.4, -0.2) is 22.9 Å². The maximum absolute atomic E-state index is 13.6. The van der Waals surface area contributed by atoms with E-state index in [1.165, 1.54) is 7.11 Å². The van der Waals surface area contributed by atoms with Crippen LogP contribution < -0.4 is 4.74 Å². The van der Waals surface area contributed by atoms with Crippen LogP contribution in [0.5, 0.6) is 11.5 Å². The molecule has 0 heterocycles. The number of phenols is 1. The molecule has 0 saturated heterocycles. The highest BCUT2D eigenvalue weighted by molar-refractivity contribution is 9.10. The molecule has 88 valence electrons. The lowest BCUT2D eigenvalue weighted by atomic mass is 10.1. The minimum atomic E-state index is -0.786. The zero-order chi connectivity index (χ0) is 11.9. The smallest absolute Gasteiger partial charge is 0.175 e. The van der Waals surface area contributed by atoms with Gasteiger partial charge in [-0.2, -0.15) is 0 Å². The van der Waals surface area contributed by atoms with Gasteiger partial charge in [0.1, 0.15) is 5.82 Å². The van der Waals surface area contributed by atoms with Gasteiger partial charge in [-0.3, -0.25) is 0 Å². The van der Waals surface area contributed by atoms with E-state index in [0.29, 0.717) is 22.9 Å². The number of rotatable bonds is 3. The lowest BCUT2D eigenvalue weighted by Crippen LogP contribution is -2.13. The normalized spacial score (nSPS) is 17.2. The second-order valence-corrected chi connectivity index (χ2v) is 4.90. The predicted octanol–water partition coefficient (Wildman–Crippen LogP) is 2.37. The van der Waals surface area contributed by atoms with Gasteiger partial charge in [-0.25, -0.2) is 4.39 Å². The van der Waals surface area contributed by atoms with Crippen LogP contribution in [0, 0.1) is 5.82 Å². The third kappa shape index (κ3) is 2.01. The fourth-order valence-corrected chi connectivity index (χ4v) is 2.33. The number of aromatic hydroxyl groups is 1. The molecular formula is C11H12BrFO3. The summed E-state index contributed by atoms with van der Waals surface area (Å²) in [6.45, 7) is 0. The van der Waals surface area contributed by atoms with Gasteiger partial charge in [0.15, 0.2) is 11.5 Å². The second kappa shape index (κ2) is 3.89. The Bertz CT molecular complexity index is 430. The maximum Gasteiger partial charge on any atom is 0.175 e. The average Bonchev–Trinajstić information content (AvgIpc) is 2.92. The Morgan fingerprint density at radius 1 is 1.56 bits per heavy atom. The van der Waals surface area contributed by atoms with E-state index in [2.05, 4.69) is 15.9 Å². The van der Waals surface area contributed by atoms with Crippen LogP contribution >= 0.6 is 15.9 Å². The quantitative estimate of drug-likeness (QED) is 0.899.